The second-order valence-electron chi connectivity index (χ2n) is 11.6. The summed E-state index contributed by atoms with van der Waals surface area (Å²) in [4.78, 5) is 17.5. The molecule has 2 heterocycles. The van der Waals surface area contributed by atoms with Crippen LogP contribution in [0, 0.1) is 5.92 Å². The van der Waals surface area contributed by atoms with Crippen molar-refractivity contribution in [1.29, 1.82) is 0 Å². The number of nitrogens with zero attached hydrogens (tertiary/aromatic N) is 3. The van der Waals surface area contributed by atoms with Gasteiger partial charge in [-0.3, -0.25) is 0 Å². The summed E-state index contributed by atoms with van der Waals surface area (Å²) in [6.45, 7) is 2.23. The largest absolute Gasteiger partial charge is 0.208 e. The average molecular weight is 570 g/mol. The molecule has 3 aliphatic carbocycles. The second-order valence-corrected chi connectivity index (χ2v) is 12.7. The van der Waals surface area contributed by atoms with E-state index in [0.29, 0.717) is 11.7 Å². The van der Waals surface area contributed by atoms with Gasteiger partial charge in [-0.15, -0.1) is 11.3 Å². The molecule has 1 spiro atoms. The van der Waals surface area contributed by atoms with Crippen LogP contribution in [0.3, 0.4) is 0 Å². The molecule has 204 valence electrons. The molecule has 0 radical (unpaired) electrons. The number of hydrogen-bond acceptors (Lipinski definition) is 4. The van der Waals surface area contributed by atoms with E-state index in [1.54, 1.807) is 11.3 Å². The van der Waals surface area contributed by atoms with Gasteiger partial charge in [-0.25, -0.2) is 15.0 Å². The van der Waals surface area contributed by atoms with E-state index >= 15 is 0 Å². The van der Waals surface area contributed by atoms with Crippen LogP contribution in [0.2, 0.25) is 0 Å². The molecule has 3 aliphatic rings. The van der Waals surface area contributed by atoms with E-state index in [1.807, 2.05) is 18.2 Å². The van der Waals surface area contributed by atoms with Gasteiger partial charge < -0.3 is 0 Å². The third-order valence-corrected chi connectivity index (χ3v) is 10.3. The predicted molar refractivity (Wildman–Crippen MR) is 176 cm³/mol. The molecule has 6 aromatic rings. The van der Waals surface area contributed by atoms with Crippen molar-refractivity contribution in [3.8, 4) is 43.7 Å². The number of hydrogen-bond donors (Lipinski definition) is 0. The quantitative estimate of drug-likeness (QED) is 0.213. The Kier molecular flexibility index (Phi) is 5.32. The van der Waals surface area contributed by atoms with E-state index in [9.17, 15) is 0 Å². The topological polar surface area (TPSA) is 38.7 Å². The van der Waals surface area contributed by atoms with E-state index in [0.717, 1.165) is 34.1 Å². The Hall–Kier alpha value is -4.93. The van der Waals surface area contributed by atoms with Crippen LogP contribution in [0.15, 0.2) is 127 Å². The van der Waals surface area contributed by atoms with E-state index < -0.39 is 0 Å². The first-order valence-corrected chi connectivity index (χ1v) is 15.7. The van der Waals surface area contributed by atoms with Crippen LogP contribution in [0.5, 0.6) is 0 Å². The van der Waals surface area contributed by atoms with Gasteiger partial charge in [-0.05, 0) is 57.3 Å². The van der Waals surface area contributed by atoms with Gasteiger partial charge in [0.25, 0.3) is 0 Å². The van der Waals surface area contributed by atoms with Gasteiger partial charge >= 0.3 is 0 Å². The van der Waals surface area contributed by atoms with Gasteiger partial charge in [0.1, 0.15) is 0 Å². The smallest absolute Gasteiger partial charge is 0.174 e. The van der Waals surface area contributed by atoms with Crippen molar-refractivity contribution in [2.24, 2.45) is 5.92 Å². The van der Waals surface area contributed by atoms with Crippen LogP contribution in [0.25, 0.3) is 49.2 Å². The fraction of sp³-hybridized carbons (Fsp3) is 0.103. The number of thiophene rings is 1. The summed E-state index contributed by atoms with van der Waals surface area (Å²) >= 11 is 1.80. The first kappa shape index (κ1) is 24.6. The van der Waals surface area contributed by atoms with Gasteiger partial charge in [0.15, 0.2) is 17.5 Å². The zero-order valence-electron chi connectivity index (χ0n) is 23.7. The van der Waals surface area contributed by atoms with Gasteiger partial charge in [0.05, 0.1) is 10.3 Å². The highest BCUT2D eigenvalue weighted by Crippen LogP contribution is 2.64. The van der Waals surface area contributed by atoms with E-state index in [1.165, 1.54) is 43.8 Å². The molecule has 0 saturated heterocycles. The summed E-state index contributed by atoms with van der Waals surface area (Å²) in [5, 5.41) is 0. The summed E-state index contributed by atoms with van der Waals surface area (Å²) in [6.07, 6.45) is 7.65. The molecule has 1 atom stereocenters. The molecule has 0 saturated carbocycles. The Labute approximate surface area is 255 Å². The Morgan fingerprint density at radius 2 is 1.21 bits per heavy atom. The molecule has 9 rings (SSSR count). The van der Waals surface area contributed by atoms with Crippen molar-refractivity contribution in [2.45, 2.75) is 18.8 Å². The van der Waals surface area contributed by atoms with Gasteiger partial charge in [0.2, 0.25) is 0 Å². The maximum atomic E-state index is 5.12. The Balaban J connectivity index is 1.30. The van der Waals surface area contributed by atoms with Gasteiger partial charge in [-0.1, -0.05) is 128 Å². The van der Waals surface area contributed by atoms with E-state index in [-0.39, 0.29) is 5.41 Å². The van der Waals surface area contributed by atoms with Crippen molar-refractivity contribution in [2.75, 3.05) is 0 Å². The van der Waals surface area contributed by atoms with Crippen LogP contribution in [-0.4, -0.2) is 15.0 Å². The van der Waals surface area contributed by atoms with Crippen LogP contribution in [-0.2, 0) is 5.41 Å². The fourth-order valence-corrected chi connectivity index (χ4v) is 8.36. The molecular formula is C39H27N3S. The van der Waals surface area contributed by atoms with Gasteiger partial charge in [-0.2, -0.15) is 0 Å². The minimum absolute atomic E-state index is 0.364. The zero-order valence-corrected chi connectivity index (χ0v) is 24.5. The molecule has 43 heavy (non-hydrogen) atoms. The van der Waals surface area contributed by atoms with Crippen molar-refractivity contribution in [3.63, 3.8) is 0 Å². The number of fused-ring (bicyclic) bond motifs is 10. The summed E-state index contributed by atoms with van der Waals surface area (Å²) in [6, 6.07) is 39.4. The minimum Gasteiger partial charge on any atom is -0.208 e. The summed E-state index contributed by atoms with van der Waals surface area (Å²) in [5.74, 6) is 2.68. The number of aromatic nitrogens is 3. The molecule has 0 amide bonds. The molecular weight excluding hydrogens is 543 g/mol. The van der Waals surface area contributed by atoms with Crippen LogP contribution < -0.4 is 0 Å². The zero-order chi connectivity index (χ0) is 28.5. The van der Waals surface area contributed by atoms with Crippen LogP contribution in [0.1, 0.15) is 41.4 Å². The summed E-state index contributed by atoms with van der Waals surface area (Å²) in [7, 11) is 0. The number of rotatable bonds is 3. The third kappa shape index (κ3) is 3.50. The van der Waals surface area contributed by atoms with E-state index in [2.05, 4.69) is 116 Å². The fourth-order valence-electron chi connectivity index (χ4n) is 7.17. The van der Waals surface area contributed by atoms with Crippen molar-refractivity contribution in [3.05, 3.63) is 156 Å². The Morgan fingerprint density at radius 1 is 0.628 bits per heavy atom. The monoisotopic (exact) mass is 569 g/mol. The first-order valence-electron chi connectivity index (χ1n) is 14.9. The average Bonchev–Trinajstić information content (AvgIpc) is 3.72. The lowest BCUT2D eigenvalue weighted by atomic mass is 9.71. The Morgan fingerprint density at radius 3 is 1.88 bits per heavy atom. The molecule has 0 fully saturated rings. The molecule has 0 N–H and O–H groups in total. The second kappa shape index (κ2) is 9.29. The van der Waals surface area contributed by atoms with Gasteiger partial charge in [0, 0.05) is 16.0 Å². The number of benzene rings is 4. The Bertz CT molecular complexity index is 2090. The normalized spacial score (nSPS) is 16.9. The summed E-state index contributed by atoms with van der Waals surface area (Å²) in [5.41, 5.74) is 11.0. The predicted octanol–water partition coefficient (Wildman–Crippen LogP) is 9.59. The molecule has 0 bridgehead atoms. The molecule has 4 heteroatoms. The molecule has 2 aromatic heterocycles. The maximum absolute atomic E-state index is 5.12. The van der Waals surface area contributed by atoms with E-state index in [4.69, 9.17) is 15.0 Å². The lowest BCUT2D eigenvalue weighted by Gasteiger charge is -2.29. The lowest BCUT2D eigenvalue weighted by Crippen LogP contribution is -2.25. The third-order valence-electron chi connectivity index (χ3n) is 9.12. The molecule has 1 unspecified atom stereocenters. The highest BCUT2D eigenvalue weighted by molar-refractivity contribution is 7.19. The highest BCUT2D eigenvalue weighted by atomic mass is 32.1. The molecule has 4 aromatic carbocycles. The van der Waals surface area contributed by atoms with Crippen molar-refractivity contribution >= 4 is 16.9 Å². The molecule has 0 aliphatic heterocycles. The lowest BCUT2D eigenvalue weighted by molar-refractivity contribution is 0.738. The summed E-state index contributed by atoms with van der Waals surface area (Å²) < 4.78 is 0. The highest BCUT2D eigenvalue weighted by Gasteiger charge is 2.52. The van der Waals surface area contributed by atoms with Crippen LogP contribution in [0.4, 0.5) is 0 Å². The first-order chi connectivity index (χ1) is 21.2. The minimum atomic E-state index is -0.364. The SMILES string of the molecule is CC1C=CC(c2nc(-c3ccccc3)nc(-c3cc4c(s3)-c3ccccc3C43c4ccccc4-c4ccccc43)n2)=CC1. The van der Waals surface area contributed by atoms with Crippen molar-refractivity contribution in [1.82, 2.24) is 15.0 Å². The van der Waals surface area contributed by atoms with Crippen molar-refractivity contribution < 1.29 is 0 Å². The van der Waals surface area contributed by atoms with Crippen LogP contribution >= 0.6 is 11.3 Å². The maximum Gasteiger partial charge on any atom is 0.174 e. The standard InChI is InChI=1S/C39H27N3S/c1-24-19-21-26(22-20-24)37-40-36(25-11-3-2-4-12-25)41-38(42-37)34-23-33-35(43-34)29-15-7-10-18-32(29)39(33)30-16-8-5-13-27(30)28-14-6-9-17-31(28)39/h2-19,21-24H,20H2,1H3. The molecule has 3 nitrogen and oxygen atoms in total. The number of allylic oxidation sites excluding steroid dienone is 4.